The van der Waals surface area contributed by atoms with Gasteiger partial charge in [-0.3, -0.25) is 14.9 Å². The summed E-state index contributed by atoms with van der Waals surface area (Å²) in [4.78, 5) is 27.6. The molecule has 0 saturated carbocycles. The first kappa shape index (κ1) is 17.7. The maximum absolute atomic E-state index is 13.0. The number of piperidine rings is 1. The molecule has 2 heterocycles. The predicted molar refractivity (Wildman–Crippen MR) is 94.9 cm³/mol. The number of rotatable bonds is 4. The third kappa shape index (κ3) is 3.76. The number of hydrogen-bond donors (Lipinski definition) is 1. The van der Waals surface area contributed by atoms with E-state index < -0.39 is 4.92 Å². The van der Waals surface area contributed by atoms with Crippen LogP contribution in [0, 0.1) is 16.0 Å². The van der Waals surface area contributed by atoms with Crippen LogP contribution in [-0.4, -0.2) is 53.1 Å². The molecule has 1 unspecified atom stereocenters. The van der Waals surface area contributed by atoms with Gasteiger partial charge >= 0.3 is 0 Å². The molecule has 0 aliphatic carbocycles. The van der Waals surface area contributed by atoms with Crippen LogP contribution in [0.25, 0.3) is 0 Å². The maximum atomic E-state index is 13.0. The summed E-state index contributed by atoms with van der Waals surface area (Å²) >= 11 is 0. The number of aliphatic hydroxyl groups is 1. The molecule has 2 aliphatic rings. The zero-order valence-corrected chi connectivity index (χ0v) is 14.6. The lowest BCUT2D eigenvalue weighted by Crippen LogP contribution is -2.41. The highest BCUT2D eigenvalue weighted by atomic mass is 16.6. The van der Waals surface area contributed by atoms with Crippen LogP contribution >= 0.6 is 0 Å². The first-order valence-corrected chi connectivity index (χ1v) is 8.98. The summed E-state index contributed by atoms with van der Waals surface area (Å²) in [6.45, 7) is 4.70. The van der Waals surface area contributed by atoms with Crippen LogP contribution in [0.15, 0.2) is 18.2 Å². The summed E-state index contributed by atoms with van der Waals surface area (Å²) in [5.74, 6) is 0.0712. The third-order valence-corrected chi connectivity index (χ3v) is 5.38. The van der Waals surface area contributed by atoms with Gasteiger partial charge in [0.1, 0.15) is 0 Å². The molecule has 136 valence electrons. The number of hydrogen-bond acceptors (Lipinski definition) is 5. The van der Waals surface area contributed by atoms with Crippen LogP contribution in [-0.2, 0) is 0 Å². The average molecular weight is 347 g/mol. The van der Waals surface area contributed by atoms with Crippen molar-refractivity contribution in [3.05, 3.63) is 33.9 Å². The number of nitro benzene ring substituents is 1. The molecular formula is C18H25N3O4. The van der Waals surface area contributed by atoms with Crippen molar-refractivity contribution >= 4 is 17.3 Å². The Morgan fingerprint density at radius 2 is 1.88 bits per heavy atom. The molecule has 2 aliphatic heterocycles. The standard InChI is InChI=1S/C18H25N3O4/c1-13(22)14-6-10-20(11-7-14)18(23)16-12-15(21(24)25)4-5-17(16)19-8-2-3-9-19/h4-5,12-14,22H,2-3,6-11H2,1H3. The first-order chi connectivity index (χ1) is 12.0. The molecular weight excluding hydrogens is 322 g/mol. The van der Waals surface area contributed by atoms with E-state index in [4.69, 9.17) is 0 Å². The summed E-state index contributed by atoms with van der Waals surface area (Å²) < 4.78 is 0. The van der Waals surface area contributed by atoms with Crippen LogP contribution in [0.2, 0.25) is 0 Å². The smallest absolute Gasteiger partial charge is 0.270 e. The number of non-ortho nitro benzene ring substituents is 1. The molecule has 7 heteroatoms. The summed E-state index contributed by atoms with van der Waals surface area (Å²) in [6.07, 6.45) is 3.30. The number of carbonyl (C=O) groups excluding carboxylic acids is 1. The van der Waals surface area contributed by atoms with Gasteiger partial charge in [0.2, 0.25) is 0 Å². The molecule has 1 atom stereocenters. The molecule has 7 nitrogen and oxygen atoms in total. The Labute approximate surface area is 147 Å². The summed E-state index contributed by atoms with van der Waals surface area (Å²) in [7, 11) is 0. The maximum Gasteiger partial charge on any atom is 0.270 e. The van der Waals surface area contributed by atoms with Gasteiger partial charge in [0, 0.05) is 38.3 Å². The number of likely N-dealkylation sites (tertiary alicyclic amines) is 1. The Balaban J connectivity index is 1.84. The highest BCUT2D eigenvalue weighted by Crippen LogP contribution is 2.31. The predicted octanol–water partition coefficient (Wildman–Crippen LogP) is 2.43. The first-order valence-electron chi connectivity index (χ1n) is 8.98. The van der Waals surface area contributed by atoms with E-state index in [0.29, 0.717) is 18.7 Å². The molecule has 2 saturated heterocycles. The van der Waals surface area contributed by atoms with Crippen molar-refractivity contribution in [3.8, 4) is 0 Å². The van der Waals surface area contributed by atoms with E-state index >= 15 is 0 Å². The lowest BCUT2D eigenvalue weighted by molar-refractivity contribution is -0.384. The highest BCUT2D eigenvalue weighted by Gasteiger charge is 2.29. The minimum Gasteiger partial charge on any atom is -0.393 e. The number of amides is 1. The Kier molecular flexibility index (Phi) is 5.22. The largest absolute Gasteiger partial charge is 0.393 e. The van der Waals surface area contributed by atoms with Crippen LogP contribution in [0.4, 0.5) is 11.4 Å². The zero-order valence-electron chi connectivity index (χ0n) is 14.6. The number of nitro groups is 1. The minimum atomic E-state index is -0.454. The molecule has 25 heavy (non-hydrogen) atoms. The second-order valence-electron chi connectivity index (χ2n) is 7.02. The number of benzene rings is 1. The van der Waals surface area contributed by atoms with Crippen molar-refractivity contribution in [1.29, 1.82) is 0 Å². The molecule has 1 aromatic carbocycles. The van der Waals surface area contributed by atoms with Gasteiger partial charge in [-0.25, -0.2) is 0 Å². The highest BCUT2D eigenvalue weighted by molar-refractivity contribution is 6.00. The summed E-state index contributed by atoms with van der Waals surface area (Å²) in [5.41, 5.74) is 1.17. The fourth-order valence-corrected chi connectivity index (χ4v) is 3.80. The van der Waals surface area contributed by atoms with Crippen LogP contribution in [0.5, 0.6) is 0 Å². The number of nitrogens with zero attached hydrogens (tertiary/aromatic N) is 3. The van der Waals surface area contributed by atoms with Gasteiger partial charge in [-0.05, 0) is 44.6 Å². The fourth-order valence-electron chi connectivity index (χ4n) is 3.80. The van der Waals surface area contributed by atoms with Gasteiger partial charge in [0.05, 0.1) is 22.3 Å². The number of carbonyl (C=O) groups is 1. The topological polar surface area (TPSA) is 86.9 Å². The molecule has 3 rings (SSSR count). The quantitative estimate of drug-likeness (QED) is 0.668. The molecule has 0 spiro atoms. The average Bonchev–Trinajstić information content (AvgIpc) is 3.15. The van der Waals surface area contributed by atoms with Gasteiger partial charge in [0.15, 0.2) is 0 Å². The van der Waals surface area contributed by atoms with Gasteiger partial charge in [-0.1, -0.05) is 0 Å². The number of anilines is 1. The second-order valence-corrected chi connectivity index (χ2v) is 7.02. The van der Waals surface area contributed by atoms with E-state index in [-0.39, 0.29) is 23.6 Å². The van der Waals surface area contributed by atoms with Crippen molar-refractivity contribution < 1.29 is 14.8 Å². The van der Waals surface area contributed by atoms with Gasteiger partial charge in [-0.15, -0.1) is 0 Å². The van der Waals surface area contributed by atoms with E-state index in [1.807, 2.05) is 0 Å². The van der Waals surface area contributed by atoms with E-state index in [2.05, 4.69) is 4.90 Å². The van der Waals surface area contributed by atoms with Gasteiger partial charge in [-0.2, -0.15) is 0 Å². The zero-order chi connectivity index (χ0) is 18.0. The van der Waals surface area contributed by atoms with E-state index in [9.17, 15) is 20.0 Å². The SMILES string of the molecule is CC(O)C1CCN(C(=O)c2cc([N+](=O)[O-])ccc2N2CCCC2)CC1. The van der Waals surface area contributed by atoms with Crippen molar-refractivity contribution in [2.75, 3.05) is 31.1 Å². The van der Waals surface area contributed by atoms with Crippen molar-refractivity contribution in [1.82, 2.24) is 4.90 Å². The molecule has 1 aromatic rings. The van der Waals surface area contributed by atoms with Crippen LogP contribution in [0.1, 0.15) is 43.0 Å². The Bertz CT molecular complexity index is 648. The number of aliphatic hydroxyl groups excluding tert-OH is 1. The molecule has 1 N–H and O–H groups in total. The lowest BCUT2D eigenvalue weighted by Gasteiger charge is -2.34. The van der Waals surface area contributed by atoms with Crippen molar-refractivity contribution in [3.63, 3.8) is 0 Å². The lowest BCUT2D eigenvalue weighted by atomic mass is 9.92. The van der Waals surface area contributed by atoms with Crippen molar-refractivity contribution in [2.24, 2.45) is 5.92 Å². The summed E-state index contributed by atoms with van der Waals surface area (Å²) in [6, 6.07) is 4.60. The molecule has 2 fully saturated rings. The van der Waals surface area contributed by atoms with Crippen LogP contribution in [0.3, 0.4) is 0 Å². The van der Waals surface area contributed by atoms with E-state index in [0.717, 1.165) is 44.5 Å². The molecule has 0 aromatic heterocycles. The Hall–Kier alpha value is -2.15. The normalized spacial score (nSPS) is 19.9. The molecule has 1 amide bonds. The van der Waals surface area contributed by atoms with E-state index in [1.165, 1.54) is 12.1 Å². The van der Waals surface area contributed by atoms with Gasteiger partial charge < -0.3 is 14.9 Å². The monoisotopic (exact) mass is 347 g/mol. The summed E-state index contributed by atoms with van der Waals surface area (Å²) in [5, 5.41) is 20.9. The minimum absolute atomic E-state index is 0.0508. The Morgan fingerprint density at radius 3 is 2.44 bits per heavy atom. The van der Waals surface area contributed by atoms with Crippen LogP contribution < -0.4 is 4.90 Å². The molecule has 0 bridgehead atoms. The van der Waals surface area contributed by atoms with Crippen molar-refractivity contribution in [2.45, 2.75) is 38.7 Å². The molecule has 0 radical (unpaired) electrons. The third-order valence-electron chi connectivity index (χ3n) is 5.38. The Morgan fingerprint density at radius 1 is 1.24 bits per heavy atom. The second kappa shape index (κ2) is 7.39. The van der Waals surface area contributed by atoms with E-state index in [1.54, 1.807) is 17.9 Å². The van der Waals surface area contributed by atoms with Gasteiger partial charge in [0.25, 0.3) is 11.6 Å². The fraction of sp³-hybridized carbons (Fsp3) is 0.611.